The van der Waals surface area contributed by atoms with Gasteiger partial charge in [0.1, 0.15) is 0 Å². The molecule has 0 saturated heterocycles. The van der Waals surface area contributed by atoms with Gasteiger partial charge in [0, 0.05) is 20.0 Å². The molecule has 0 aliphatic rings. The van der Waals surface area contributed by atoms with Crippen molar-refractivity contribution in [2.45, 2.75) is 25.8 Å². The minimum Gasteiger partial charge on any atom is -0.481 e. The highest BCUT2D eigenvalue weighted by Gasteiger charge is 2.13. The van der Waals surface area contributed by atoms with E-state index >= 15 is 0 Å². The van der Waals surface area contributed by atoms with Gasteiger partial charge in [0.2, 0.25) is 0 Å². The Balaban J connectivity index is 3.89. The van der Waals surface area contributed by atoms with Gasteiger partial charge in [-0.15, -0.1) is 0 Å². The highest BCUT2D eigenvalue weighted by molar-refractivity contribution is 7.80. The van der Waals surface area contributed by atoms with Crippen LogP contribution < -0.4 is 5.73 Å². The first kappa shape index (κ1) is 12.3. The van der Waals surface area contributed by atoms with Crippen molar-refractivity contribution in [3.05, 3.63) is 0 Å². The van der Waals surface area contributed by atoms with Gasteiger partial charge in [-0.1, -0.05) is 12.2 Å². The number of thiocarbonyl (C=S) groups is 1. The zero-order valence-corrected chi connectivity index (χ0v) is 8.80. The Bertz CT molecular complexity index is 197. The maximum atomic E-state index is 10.3. The van der Waals surface area contributed by atoms with Crippen LogP contribution in [0.5, 0.6) is 0 Å². The topological polar surface area (TPSA) is 66.6 Å². The molecule has 0 fully saturated rings. The van der Waals surface area contributed by atoms with Gasteiger partial charge in [-0.3, -0.25) is 4.79 Å². The average molecular weight is 204 g/mol. The zero-order valence-electron chi connectivity index (χ0n) is 7.99. The Kier molecular flexibility index (Phi) is 5.57. The lowest BCUT2D eigenvalue weighted by molar-refractivity contribution is -0.137. The van der Waals surface area contributed by atoms with Crippen LogP contribution in [0.2, 0.25) is 0 Å². The van der Waals surface area contributed by atoms with Gasteiger partial charge in [0.25, 0.3) is 0 Å². The number of hydrogen-bond donors (Lipinski definition) is 2. The van der Waals surface area contributed by atoms with Crippen LogP contribution in [0.4, 0.5) is 0 Å². The average Bonchev–Trinajstić information content (AvgIpc) is 2.11. The maximum Gasteiger partial charge on any atom is 0.303 e. The van der Waals surface area contributed by atoms with Crippen LogP contribution in [-0.4, -0.2) is 40.6 Å². The molecular weight excluding hydrogens is 188 g/mol. The van der Waals surface area contributed by atoms with Crippen LogP contribution in [0, 0.1) is 0 Å². The zero-order chi connectivity index (χ0) is 10.4. The molecule has 0 aromatic rings. The highest BCUT2D eigenvalue weighted by atomic mass is 32.1. The van der Waals surface area contributed by atoms with Gasteiger partial charge in [0.05, 0.1) is 11.0 Å². The smallest absolute Gasteiger partial charge is 0.303 e. The Morgan fingerprint density at radius 3 is 2.62 bits per heavy atom. The van der Waals surface area contributed by atoms with Gasteiger partial charge in [-0.25, -0.2) is 0 Å². The number of carbonyl (C=O) groups is 1. The molecule has 1 unspecified atom stereocenters. The van der Waals surface area contributed by atoms with Crippen molar-refractivity contribution in [1.82, 2.24) is 4.90 Å². The van der Waals surface area contributed by atoms with E-state index in [1.807, 2.05) is 18.9 Å². The first-order chi connectivity index (χ1) is 5.99. The summed E-state index contributed by atoms with van der Waals surface area (Å²) in [6, 6.07) is -0.323. The summed E-state index contributed by atoms with van der Waals surface area (Å²) >= 11 is 5.06. The maximum absolute atomic E-state index is 10.3. The molecule has 0 aromatic carbocycles. The monoisotopic (exact) mass is 204 g/mol. The number of aliphatic carboxylic acids is 1. The second kappa shape index (κ2) is 5.88. The third-order valence-electron chi connectivity index (χ3n) is 1.84. The normalized spacial score (nSPS) is 12.2. The molecule has 0 aromatic heterocycles. The van der Waals surface area contributed by atoms with Gasteiger partial charge in [-0.2, -0.15) is 0 Å². The van der Waals surface area contributed by atoms with Crippen LogP contribution in [0.25, 0.3) is 0 Å². The molecule has 0 saturated carbocycles. The molecule has 0 radical (unpaired) electrons. The Morgan fingerprint density at radius 2 is 2.23 bits per heavy atom. The second-order valence-corrected chi connectivity index (χ2v) is 3.31. The lowest BCUT2D eigenvalue weighted by Crippen LogP contribution is -2.40. The molecular formula is C8H16N2O2S. The van der Waals surface area contributed by atoms with Crippen LogP contribution in [0.15, 0.2) is 0 Å². The third kappa shape index (κ3) is 4.80. The summed E-state index contributed by atoms with van der Waals surface area (Å²) in [7, 11) is 1.85. The Morgan fingerprint density at radius 1 is 1.69 bits per heavy atom. The first-order valence-corrected chi connectivity index (χ1v) is 4.62. The number of carboxylic acid groups (broad SMARTS) is 1. The number of nitrogens with two attached hydrogens (primary N) is 1. The number of likely N-dealkylation sites (N-methyl/N-ethyl adjacent to an activating group) is 1. The van der Waals surface area contributed by atoms with E-state index in [9.17, 15) is 4.79 Å². The van der Waals surface area contributed by atoms with Crippen LogP contribution in [0.3, 0.4) is 0 Å². The van der Waals surface area contributed by atoms with E-state index in [0.29, 0.717) is 11.4 Å². The lowest BCUT2D eigenvalue weighted by Gasteiger charge is -2.22. The van der Waals surface area contributed by atoms with Crippen molar-refractivity contribution >= 4 is 23.2 Å². The van der Waals surface area contributed by atoms with Crippen molar-refractivity contribution in [2.24, 2.45) is 5.73 Å². The molecule has 4 nitrogen and oxygen atoms in total. The summed E-state index contributed by atoms with van der Waals surface area (Å²) in [5.41, 5.74) is 5.70. The molecule has 13 heavy (non-hydrogen) atoms. The fourth-order valence-corrected chi connectivity index (χ4v) is 1.09. The number of carboxylic acids is 1. The lowest BCUT2D eigenvalue weighted by atomic mass is 10.1. The summed E-state index contributed by atoms with van der Waals surface area (Å²) in [4.78, 5) is 12.7. The number of rotatable bonds is 5. The molecule has 0 spiro atoms. The van der Waals surface area contributed by atoms with Crippen LogP contribution in [-0.2, 0) is 4.79 Å². The number of nitrogens with zero attached hydrogens (tertiary/aromatic N) is 1. The highest BCUT2D eigenvalue weighted by Crippen LogP contribution is 2.00. The summed E-state index contributed by atoms with van der Waals surface area (Å²) in [5.74, 6) is -0.836. The van der Waals surface area contributed by atoms with Gasteiger partial charge in [-0.05, 0) is 13.3 Å². The van der Waals surface area contributed by atoms with E-state index in [2.05, 4.69) is 0 Å². The fourth-order valence-electron chi connectivity index (χ4n) is 0.841. The Labute approximate surface area is 83.7 Å². The number of hydrogen-bond acceptors (Lipinski definition) is 3. The quantitative estimate of drug-likeness (QED) is 0.637. The van der Waals surface area contributed by atoms with Crippen molar-refractivity contribution in [1.29, 1.82) is 0 Å². The first-order valence-electron chi connectivity index (χ1n) is 4.21. The molecule has 3 N–H and O–H groups in total. The van der Waals surface area contributed by atoms with E-state index in [-0.39, 0.29) is 12.5 Å². The molecule has 5 heteroatoms. The summed E-state index contributed by atoms with van der Waals surface area (Å²) < 4.78 is 0. The van der Waals surface area contributed by atoms with E-state index < -0.39 is 5.97 Å². The molecule has 1 atom stereocenters. The summed E-state index contributed by atoms with van der Waals surface area (Å²) in [6.45, 7) is 2.76. The molecule has 0 bridgehead atoms. The standard InChI is InChI=1S/C8H16N2O2S/c1-3-10(2)8(13)6(9)4-5-7(11)12/h6H,3-5,9H2,1-2H3,(H,11,12). The van der Waals surface area contributed by atoms with E-state index in [0.717, 1.165) is 6.54 Å². The predicted molar refractivity (Wildman–Crippen MR) is 55.7 cm³/mol. The van der Waals surface area contributed by atoms with E-state index in [4.69, 9.17) is 23.1 Å². The van der Waals surface area contributed by atoms with Crippen molar-refractivity contribution in [3.8, 4) is 0 Å². The minimum absolute atomic E-state index is 0.0683. The van der Waals surface area contributed by atoms with Crippen molar-refractivity contribution < 1.29 is 9.90 Å². The predicted octanol–water partition coefficient (Wildman–Crippen LogP) is 0.458. The summed E-state index contributed by atoms with van der Waals surface area (Å²) in [5, 5.41) is 8.43. The molecule has 0 amide bonds. The SMILES string of the molecule is CCN(C)C(=S)C(N)CCC(=O)O. The molecule has 0 aliphatic carbocycles. The third-order valence-corrected chi connectivity index (χ3v) is 2.45. The van der Waals surface area contributed by atoms with Crippen molar-refractivity contribution in [2.75, 3.05) is 13.6 Å². The second-order valence-electron chi connectivity index (χ2n) is 2.89. The van der Waals surface area contributed by atoms with E-state index in [1.165, 1.54) is 0 Å². The molecule has 0 rings (SSSR count). The van der Waals surface area contributed by atoms with Gasteiger partial charge in [0.15, 0.2) is 0 Å². The van der Waals surface area contributed by atoms with E-state index in [1.54, 1.807) is 0 Å². The van der Waals surface area contributed by atoms with Crippen molar-refractivity contribution in [3.63, 3.8) is 0 Å². The summed E-state index contributed by atoms with van der Waals surface area (Å²) in [6.07, 6.45) is 0.470. The molecule has 76 valence electrons. The largest absolute Gasteiger partial charge is 0.481 e. The molecule has 0 heterocycles. The van der Waals surface area contributed by atoms with Gasteiger partial charge >= 0.3 is 5.97 Å². The van der Waals surface area contributed by atoms with Crippen LogP contribution in [0.1, 0.15) is 19.8 Å². The Hall–Kier alpha value is -0.680. The van der Waals surface area contributed by atoms with Gasteiger partial charge < -0.3 is 15.7 Å². The van der Waals surface area contributed by atoms with Crippen LogP contribution >= 0.6 is 12.2 Å². The minimum atomic E-state index is -0.836. The fraction of sp³-hybridized carbons (Fsp3) is 0.750. The molecule has 0 aliphatic heterocycles.